The zero-order valence-electron chi connectivity index (χ0n) is 10.9. The third-order valence-electron chi connectivity index (χ3n) is 3.51. The minimum atomic E-state index is -1.03. The van der Waals surface area contributed by atoms with Gasteiger partial charge in [0.1, 0.15) is 0 Å². The SMILES string of the molecule is Cc1cccc(NC(=O)NCC2CCC2)c1C(=O)O. The summed E-state index contributed by atoms with van der Waals surface area (Å²) in [4.78, 5) is 22.9. The number of aromatic carboxylic acids is 1. The molecule has 3 N–H and O–H groups in total. The molecule has 0 bridgehead atoms. The Balaban J connectivity index is 1.99. The number of nitrogens with one attached hydrogen (secondary N) is 2. The van der Waals surface area contributed by atoms with E-state index in [1.54, 1.807) is 25.1 Å². The molecule has 0 spiro atoms. The molecule has 1 aromatic rings. The number of carboxylic acids is 1. The molecule has 0 unspecified atom stereocenters. The van der Waals surface area contributed by atoms with Gasteiger partial charge in [0.25, 0.3) is 0 Å². The van der Waals surface area contributed by atoms with Gasteiger partial charge in [-0.1, -0.05) is 18.6 Å². The average Bonchev–Trinajstić information content (AvgIpc) is 2.26. The van der Waals surface area contributed by atoms with Gasteiger partial charge >= 0.3 is 12.0 Å². The Morgan fingerprint density at radius 2 is 2.11 bits per heavy atom. The summed E-state index contributed by atoms with van der Waals surface area (Å²) in [5.41, 5.74) is 1.10. The van der Waals surface area contributed by atoms with Crippen molar-refractivity contribution in [2.24, 2.45) is 5.92 Å². The highest BCUT2D eigenvalue weighted by atomic mass is 16.4. The smallest absolute Gasteiger partial charge is 0.338 e. The normalized spacial score (nSPS) is 14.6. The average molecular weight is 262 g/mol. The molecule has 1 aliphatic rings. The molecule has 0 aliphatic heterocycles. The number of amides is 2. The van der Waals surface area contributed by atoms with Crippen LogP contribution < -0.4 is 10.6 Å². The van der Waals surface area contributed by atoms with E-state index in [2.05, 4.69) is 10.6 Å². The summed E-state index contributed by atoms with van der Waals surface area (Å²) in [5.74, 6) is -0.463. The first-order valence-corrected chi connectivity index (χ1v) is 6.45. The largest absolute Gasteiger partial charge is 0.478 e. The second-order valence-electron chi connectivity index (χ2n) is 4.93. The van der Waals surface area contributed by atoms with E-state index in [1.807, 2.05) is 0 Å². The van der Waals surface area contributed by atoms with Crippen molar-refractivity contribution in [3.63, 3.8) is 0 Å². The molecule has 1 aliphatic carbocycles. The van der Waals surface area contributed by atoms with Crippen molar-refractivity contribution >= 4 is 17.7 Å². The number of carbonyl (C=O) groups is 2. The number of hydrogen-bond donors (Lipinski definition) is 3. The van der Waals surface area contributed by atoms with Crippen LogP contribution in [0.4, 0.5) is 10.5 Å². The van der Waals surface area contributed by atoms with Crippen LogP contribution in [0.3, 0.4) is 0 Å². The molecular formula is C14H18N2O3. The molecular weight excluding hydrogens is 244 g/mol. The monoisotopic (exact) mass is 262 g/mol. The van der Waals surface area contributed by atoms with Gasteiger partial charge in [-0.2, -0.15) is 0 Å². The lowest BCUT2D eigenvalue weighted by Crippen LogP contribution is -2.35. The van der Waals surface area contributed by atoms with Crippen molar-refractivity contribution in [2.75, 3.05) is 11.9 Å². The summed E-state index contributed by atoms with van der Waals surface area (Å²) in [7, 11) is 0. The topological polar surface area (TPSA) is 78.4 Å². The number of benzene rings is 1. The Morgan fingerprint density at radius 1 is 1.37 bits per heavy atom. The number of carbonyl (C=O) groups excluding carboxylic acids is 1. The standard InChI is InChI=1S/C14H18N2O3/c1-9-4-2-7-11(12(9)13(17)18)16-14(19)15-8-10-5-3-6-10/h2,4,7,10H,3,5-6,8H2,1H3,(H,17,18)(H2,15,16,19). The highest BCUT2D eigenvalue weighted by Crippen LogP contribution is 2.25. The Morgan fingerprint density at radius 3 is 2.68 bits per heavy atom. The van der Waals surface area contributed by atoms with Crippen LogP contribution in [-0.2, 0) is 0 Å². The van der Waals surface area contributed by atoms with Gasteiger partial charge in [0, 0.05) is 6.54 Å². The summed E-state index contributed by atoms with van der Waals surface area (Å²) in [6.07, 6.45) is 3.55. The minimum Gasteiger partial charge on any atom is -0.478 e. The second-order valence-corrected chi connectivity index (χ2v) is 4.93. The van der Waals surface area contributed by atoms with Gasteiger partial charge in [0.15, 0.2) is 0 Å². The summed E-state index contributed by atoms with van der Waals surface area (Å²) in [6, 6.07) is 4.68. The Labute approximate surface area is 112 Å². The van der Waals surface area contributed by atoms with Crippen LogP contribution in [-0.4, -0.2) is 23.7 Å². The van der Waals surface area contributed by atoms with E-state index in [0.717, 1.165) is 12.8 Å². The number of anilines is 1. The number of rotatable bonds is 4. The Kier molecular flexibility index (Phi) is 4.04. The van der Waals surface area contributed by atoms with Crippen LogP contribution in [0.2, 0.25) is 0 Å². The summed E-state index contributed by atoms with van der Waals surface area (Å²) < 4.78 is 0. The molecule has 0 atom stereocenters. The van der Waals surface area contributed by atoms with Gasteiger partial charge in [-0.3, -0.25) is 0 Å². The molecule has 19 heavy (non-hydrogen) atoms. The number of hydrogen-bond acceptors (Lipinski definition) is 2. The number of urea groups is 1. The minimum absolute atomic E-state index is 0.140. The van der Waals surface area contributed by atoms with E-state index in [1.165, 1.54) is 6.42 Å². The number of aryl methyl sites for hydroxylation is 1. The third kappa shape index (κ3) is 3.24. The number of carboxylic acid groups (broad SMARTS) is 1. The molecule has 0 aromatic heterocycles. The van der Waals surface area contributed by atoms with Crippen LogP contribution in [0.5, 0.6) is 0 Å². The fraction of sp³-hybridized carbons (Fsp3) is 0.429. The quantitative estimate of drug-likeness (QED) is 0.780. The van der Waals surface area contributed by atoms with E-state index in [9.17, 15) is 9.59 Å². The molecule has 2 amide bonds. The summed E-state index contributed by atoms with van der Waals surface area (Å²) in [6.45, 7) is 2.36. The predicted octanol–water partition coefficient (Wildman–Crippen LogP) is 2.61. The lowest BCUT2D eigenvalue weighted by molar-refractivity contribution is 0.0697. The predicted molar refractivity (Wildman–Crippen MR) is 72.5 cm³/mol. The molecule has 102 valence electrons. The Bertz CT molecular complexity index is 495. The van der Waals surface area contributed by atoms with Gasteiger partial charge in [0.05, 0.1) is 11.3 Å². The first-order valence-electron chi connectivity index (χ1n) is 6.45. The van der Waals surface area contributed by atoms with Crippen LogP contribution in [0.25, 0.3) is 0 Å². The Hall–Kier alpha value is -2.04. The van der Waals surface area contributed by atoms with Crippen molar-refractivity contribution in [2.45, 2.75) is 26.2 Å². The van der Waals surface area contributed by atoms with Crippen molar-refractivity contribution in [1.29, 1.82) is 0 Å². The van der Waals surface area contributed by atoms with Crippen LogP contribution in [0.1, 0.15) is 35.2 Å². The molecule has 5 nitrogen and oxygen atoms in total. The molecule has 0 radical (unpaired) electrons. The maximum atomic E-state index is 11.7. The third-order valence-corrected chi connectivity index (χ3v) is 3.51. The molecule has 1 saturated carbocycles. The van der Waals surface area contributed by atoms with Gasteiger partial charge in [-0.25, -0.2) is 9.59 Å². The molecule has 1 aromatic carbocycles. The summed E-state index contributed by atoms with van der Waals surface area (Å²) in [5, 5.41) is 14.5. The maximum Gasteiger partial charge on any atom is 0.338 e. The van der Waals surface area contributed by atoms with E-state index in [4.69, 9.17) is 5.11 Å². The maximum absolute atomic E-state index is 11.7. The van der Waals surface area contributed by atoms with Gasteiger partial charge in [-0.15, -0.1) is 0 Å². The van der Waals surface area contributed by atoms with E-state index < -0.39 is 5.97 Å². The van der Waals surface area contributed by atoms with Gasteiger partial charge in [-0.05, 0) is 37.3 Å². The van der Waals surface area contributed by atoms with Crippen LogP contribution in [0, 0.1) is 12.8 Å². The van der Waals surface area contributed by atoms with Crippen molar-refractivity contribution in [3.8, 4) is 0 Å². The zero-order chi connectivity index (χ0) is 13.8. The van der Waals surface area contributed by atoms with E-state index in [0.29, 0.717) is 23.7 Å². The fourth-order valence-electron chi connectivity index (χ4n) is 2.16. The zero-order valence-corrected chi connectivity index (χ0v) is 10.9. The molecule has 1 fully saturated rings. The highest BCUT2D eigenvalue weighted by Gasteiger charge is 2.19. The first kappa shape index (κ1) is 13.4. The van der Waals surface area contributed by atoms with Crippen molar-refractivity contribution < 1.29 is 14.7 Å². The molecule has 5 heteroatoms. The first-order chi connectivity index (χ1) is 9.08. The lowest BCUT2D eigenvalue weighted by atomic mass is 9.85. The van der Waals surface area contributed by atoms with E-state index in [-0.39, 0.29) is 11.6 Å². The van der Waals surface area contributed by atoms with Crippen molar-refractivity contribution in [1.82, 2.24) is 5.32 Å². The van der Waals surface area contributed by atoms with Crippen LogP contribution >= 0.6 is 0 Å². The highest BCUT2D eigenvalue weighted by molar-refractivity contribution is 6.01. The summed E-state index contributed by atoms with van der Waals surface area (Å²) >= 11 is 0. The van der Waals surface area contributed by atoms with Gasteiger partial charge in [0.2, 0.25) is 0 Å². The van der Waals surface area contributed by atoms with Crippen molar-refractivity contribution in [3.05, 3.63) is 29.3 Å². The molecule has 0 saturated heterocycles. The lowest BCUT2D eigenvalue weighted by Gasteiger charge is -2.25. The fourth-order valence-corrected chi connectivity index (χ4v) is 2.16. The van der Waals surface area contributed by atoms with Gasteiger partial charge < -0.3 is 15.7 Å². The van der Waals surface area contributed by atoms with Crippen LogP contribution in [0.15, 0.2) is 18.2 Å². The molecule has 2 rings (SSSR count). The molecule has 0 heterocycles. The second kappa shape index (κ2) is 5.73. The van der Waals surface area contributed by atoms with E-state index >= 15 is 0 Å².